The van der Waals surface area contributed by atoms with Gasteiger partial charge in [-0.15, -0.1) is 10.2 Å². The molecule has 3 rings (SSSR count). The molecule has 0 saturated carbocycles. The maximum absolute atomic E-state index is 12.2. The van der Waals surface area contributed by atoms with E-state index in [-0.39, 0.29) is 22.8 Å². The number of nitrogens with one attached hydrogen (secondary N) is 1. The molecular weight excluding hydrogens is 542 g/mol. The molecule has 11 heteroatoms. The van der Waals surface area contributed by atoms with Gasteiger partial charge in [-0.05, 0) is 62.2 Å². The lowest BCUT2D eigenvalue weighted by atomic mass is 10.2. The van der Waals surface area contributed by atoms with Crippen molar-refractivity contribution in [3.05, 3.63) is 39.3 Å². The number of hydrogen-bond acceptors (Lipinski definition) is 8. The summed E-state index contributed by atoms with van der Waals surface area (Å²) in [6.45, 7) is 0. The van der Waals surface area contributed by atoms with Crippen LogP contribution in [-0.2, 0) is 4.79 Å². The fourth-order valence-electron chi connectivity index (χ4n) is 2.49. The highest BCUT2D eigenvalue weighted by molar-refractivity contribution is 9.13. The standard InChI is InChI=1S/C19H17Br2N3O5S/c1-26-14-6-10(7-15(27-2)17(14)28-3)18-23-24-19(29-18)30-9-16(25)22-11-4-5-12(20)13(21)8-11/h4-8H,9H2,1-3H3,(H,22,25). The highest BCUT2D eigenvalue weighted by Gasteiger charge is 2.18. The number of carbonyl (C=O) groups excluding carboxylic acids is 1. The van der Waals surface area contributed by atoms with Crippen LogP contribution in [-0.4, -0.2) is 43.2 Å². The van der Waals surface area contributed by atoms with E-state index in [0.717, 1.165) is 20.7 Å². The van der Waals surface area contributed by atoms with E-state index in [9.17, 15) is 4.79 Å². The Bertz CT molecular complexity index is 1040. The number of thioether (sulfide) groups is 1. The van der Waals surface area contributed by atoms with Crippen LogP contribution in [0.15, 0.2) is 48.9 Å². The Labute approximate surface area is 193 Å². The second kappa shape index (κ2) is 10.2. The van der Waals surface area contributed by atoms with Gasteiger partial charge in [-0.2, -0.15) is 0 Å². The molecule has 30 heavy (non-hydrogen) atoms. The molecule has 0 aliphatic carbocycles. The van der Waals surface area contributed by atoms with E-state index in [1.165, 1.54) is 21.3 Å². The Morgan fingerprint density at radius 2 is 1.73 bits per heavy atom. The van der Waals surface area contributed by atoms with Crippen molar-refractivity contribution in [2.75, 3.05) is 32.4 Å². The Morgan fingerprint density at radius 1 is 1.03 bits per heavy atom. The van der Waals surface area contributed by atoms with Crippen LogP contribution in [0.4, 0.5) is 5.69 Å². The lowest BCUT2D eigenvalue weighted by Crippen LogP contribution is -2.13. The summed E-state index contributed by atoms with van der Waals surface area (Å²) in [5, 5.41) is 11.1. The minimum atomic E-state index is -0.193. The smallest absolute Gasteiger partial charge is 0.277 e. The lowest BCUT2D eigenvalue weighted by molar-refractivity contribution is -0.113. The Morgan fingerprint density at radius 3 is 2.33 bits per heavy atom. The van der Waals surface area contributed by atoms with Gasteiger partial charge in [0.25, 0.3) is 5.22 Å². The number of ether oxygens (including phenoxy) is 3. The summed E-state index contributed by atoms with van der Waals surface area (Å²) in [4.78, 5) is 12.2. The van der Waals surface area contributed by atoms with Crippen molar-refractivity contribution in [3.8, 4) is 28.7 Å². The average Bonchev–Trinajstić information content (AvgIpc) is 3.23. The quantitative estimate of drug-likeness (QED) is 0.385. The molecule has 1 heterocycles. The molecule has 0 aliphatic rings. The zero-order chi connectivity index (χ0) is 21.7. The van der Waals surface area contributed by atoms with Gasteiger partial charge in [-0.3, -0.25) is 4.79 Å². The summed E-state index contributed by atoms with van der Waals surface area (Å²) in [5.74, 6) is 1.60. The summed E-state index contributed by atoms with van der Waals surface area (Å²) in [6.07, 6.45) is 0. The van der Waals surface area contributed by atoms with Gasteiger partial charge < -0.3 is 23.9 Å². The molecular formula is C19H17Br2N3O5S. The molecule has 0 radical (unpaired) electrons. The molecule has 0 spiro atoms. The van der Waals surface area contributed by atoms with Crippen LogP contribution in [0.5, 0.6) is 17.2 Å². The van der Waals surface area contributed by atoms with Crippen LogP contribution in [0.25, 0.3) is 11.5 Å². The van der Waals surface area contributed by atoms with Crippen molar-refractivity contribution >= 4 is 55.2 Å². The second-order valence-electron chi connectivity index (χ2n) is 5.75. The van der Waals surface area contributed by atoms with E-state index in [1.54, 1.807) is 18.2 Å². The van der Waals surface area contributed by atoms with Gasteiger partial charge in [0, 0.05) is 20.2 Å². The molecule has 0 bridgehead atoms. The number of hydrogen-bond donors (Lipinski definition) is 1. The molecule has 158 valence electrons. The summed E-state index contributed by atoms with van der Waals surface area (Å²) >= 11 is 7.93. The third kappa shape index (κ3) is 5.27. The highest BCUT2D eigenvalue weighted by Crippen LogP contribution is 2.41. The molecule has 3 aromatic rings. The summed E-state index contributed by atoms with van der Waals surface area (Å²) in [5.41, 5.74) is 1.28. The van der Waals surface area contributed by atoms with Crippen LogP contribution < -0.4 is 19.5 Å². The van der Waals surface area contributed by atoms with E-state index in [2.05, 4.69) is 47.4 Å². The van der Waals surface area contributed by atoms with E-state index >= 15 is 0 Å². The average molecular weight is 559 g/mol. The van der Waals surface area contributed by atoms with E-state index < -0.39 is 0 Å². The number of rotatable bonds is 8. The van der Waals surface area contributed by atoms with E-state index in [1.807, 2.05) is 12.1 Å². The molecule has 0 atom stereocenters. The van der Waals surface area contributed by atoms with Crippen molar-refractivity contribution in [2.45, 2.75) is 5.22 Å². The van der Waals surface area contributed by atoms with Crippen molar-refractivity contribution in [1.82, 2.24) is 10.2 Å². The number of methoxy groups -OCH3 is 3. The molecule has 0 fully saturated rings. The number of benzene rings is 2. The van der Waals surface area contributed by atoms with Crippen LogP contribution in [0.3, 0.4) is 0 Å². The summed E-state index contributed by atoms with van der Waals surface area (Å²) < 4.78 is 23.4. The first kappa shape index (κ1) is 22.4. The Balaban J connectivity index is 1.68. The molecule has 1 amide bonds. The first-order chi connectivity index (χ1) is 14.4. The number of carbonyl (C=O) groups is 1. The van der Waals surface area contributed by atoms with Crippen molar-refractivity contribution in [3.63, 3.8) is 0 Å². The number of nitrogens with zero attached hydrogens (tertiary/aromatic N) is 2. The van der Waals surface area contributed by atoms with E-state index in [0.29, 0.717) is 28.5 Å². The maximum Gasteiger partial charge on any atom is 0.277 e. The van der Waals surface area contributed by atoms with Crippen molar-refractivity contribution in [2.24, 2.45) is 0 Å². The minimum absolute atomic E-state index is 0.116. The van der Waals surface area contributed by atoms with Gasteiger partial charge in [0.2, 0.25) is 17.5 Å². The van der Waals surface area contributed by atoms with Gasteiger partial charge >= 0.3 is 0 Å². The third-order valence-corrected chi connectivity index (χ3v) is 6.55. The summed E-state index contributed by atoms with van der Waals surface area (Å²) in [6, 6.07) is 8.87. The topological polar surface area (TPSA) is 95.7 Å². The number of amides is 1. The third-order valence-electron chi connectivity index (χ3n) is 3.85. The number of aromatic nitrogens is 2. The van der Waals surface area contributed by atoms with Gasteiger partial charge in [0.05, 0.1) is 27.1 Å². The van der Waals surface area contributed by atoms with Crippen LogP contribution in [0, 0.1) is 0 Å². The van der Waals surface area contributed by atoms with Crippen LogP contribution >= 0.6 is 43.6 Å². The molecule has 2 aromatic carbocycles. The normalized spacial score (nSPS) is 10.6. The first-order valence-corrected chi connectivity index (χ1v) is 11.0. The zero-order valence-corrected chi connectivity index (χ0v) is 20.2. The molecule has 1 N–H and O–H groups in total. The fraction of sp³-hybridized carbons (Fsp3) is 0.211. The predicted molar refractivity (Wildman–Crippen MR) is 121 cm³/mol. The Hall–Kier alpha value is -2.24. The van der Waals surface area contributed by atoms with Crippen LogP contribution in [0.1, 0.15) is 0 Å². The Kier molecular flexibility index (Phi) is 7.62. The second-order valence-corrected chi connectivity index (χ2v) is 8.39. The number of anilines is 1. The SMILES string of the molecule is COc1cc(-c2nnc(SCC(=O)Nc3ccc(Br)c(Br)c3)o2)cc(OC)c1OC. The van der Waals surface area contributed by atoms with Gasteiger partial charge in [-0.25, -0.2) is 0 Å². The van der Waals surface area contributed by atoms with Crippen LogP contribution in [0.2, 0.25) is 0 Å². The van der Waals surface area contributed by atoms with Gasteiger partial charge in [0.15, 0.2) is 11.5 Å². The van der Waals surface area contributed by atoms with Crippen molar-refractivity contribution in [1.29, 1.82) is 0 Å². The molecule has 8 nitrogen and oxygen atoms in total. The highest BCUT2D eigenvalue weighted by atomic mass is 79.9. The largest absolute Gasteiger partial charge is 0.493 e. The fourth-order valence-corrected chi connectivity index (χ4v) is 3.68. The molecule has 0 unspecified atom stereocenters. The van der Waals surface area contributed by atoms with Gasteiger partial charge in [0.1, 0.15) is 0 Å². The molecule has 0 saturated heterocycles. The monoisotopic (exact) mass is 557 g/mol. The lowest BCUT2D eigenvalue weighted by Gasteiger charge is -2.12. The summed E-state index contributed by atoms with van der Waals surface area (Å²) in [7, 11) is 4.58. The predicted octanol–water partition coefficient (Wildman–Crippen LogP) is 5.02. The maximum atomic E-state index is 12.2. The van der Waals surface area contributed by atoms with Gasteiger partial charge in [-0.1, -0.05) is 11.8 Å². The zero-order valence-electron chi connectivity index (χ0n) is 16.2. The van der Waals surface area contributed by atoms with Crippen molar-refractivity contribution < 1.29 is 23.4 Å². The number of halogens is 2. The first-order valence-electron chi connectivity index (χ1n) is 8.46. The van der Waals surface area contributed by atoms with E-state index in [4.69, 9.17) is 18.6 Å². The molecule has 0 aliphatic heterocycles. The molecule has 1 aromatic heterocycles. The minimum Gasteiger partial charge on any atom is -0.493 e.